The fourth-order valence-electron chi connectivity index (χ4n) is 3.15. The minimum absolute atomic E-state index is 0.816. The summed E-state index contributed by atoms with van der Waals surface area (Å²) in [6.45, 7) is 4.76. The third-order valence-corrected chi connectivity index (χ3v) is 7.84. The predicted octanol–water partition coefficient (Wildman–Crippen LogP) is 2.95. The molecule has 0 radical (unpaired) electrons. The van der Waals surface area contributed by atoms with Gasteiger partial charge in [0.1, 0.15) is 0 Å². The van der Waals surface area contributed by atoms with Crippen LogP contribution in [-0.4, -0.2) is 18.0 Å². The van der Waals surface area contributed by atoms with Gasteiger partial charge in [0.05, 0.1) is 0 Å². The maximum absolute atomic E-state index is 4.88. The molecule has 0 unspecified atom stereocenters. The van der Waals surface area contributed by atoms with Crippen molar-refractivity contribution < 1.29 is 0 Å². The monoisotopic (exact) mass is 288 g/mol. The van der Waals surface area contributed by atoms with Gasteiger partial charge in [0.2, 0.25) is 0 Å². The molecule has 4 rings (SSSR count). The van der Waals surface area contributed by atoms with Crippen LogP contribution >= 0.6 is 0 Å². The molecule has 0 saturated heterocycles. The molecule has 0 N–H and O–H groups in total. The van der Waals surface area contributed by atoms with Crippen LogP contribution in [0.5, 0.6) is 0 Å². The zero-order valence-corrected chi connectivity index (χ0v) is 13.2. The molecule has 1 aromatic heterocycles. The molecule has 3 aromatic rings. The molecule has 1 aliphatic rings. The summed E-state index contributed by atoms with van der Waals surface area (Å²) in [6.07, 6.45) is 2.05. The van der Waals surface area contributed by atoms with Gasteiger partial charge in [-0.15, -0.1) is 5.19 Å². The van der Waals surface area contributed by atoms with E-state index in [1.54, 1.807) is 0 Å². The number of fused-ring (bicyclic) bond motifs is 3. The van der Waals surface area contributed by atoms with Gasteiger partial charge in [0.15, 0.2) is 5.82 Å². The maximum atomic E-state index is 4.88. The molecule has 3 heteroatoms. The van der Waals surface area contributed by atoms with Gasteiger partial charge in [-0.1, -0.05) is 62.7 Å². The fraction of sp³-hybridized carbons (Fsp3) is 0.111. The summed E-state index contributed by atoms with van der Waals surface area (Å²) in [5.74, 6) is 0.816. The Kier molecular flexibility index (Phi) is 2.59. The van der Waals surface area contributed by atoms with Gasteiger partial charge < -0.3 is 0 Å². The van der Waals surface area contributed by atoms with Crippen LogP contribution in [0.15, 0.2) is 60.8 Å². The Hall–Kier alpha value is -2.26. The number of nitrogens with zero attached hydrogens (tertiary/aromatic N) is 2. The second kappa shape index (κ2) is 4.37. The van der Waals surface area contributed by atoms with E-state index in [0.717, 1.165) is 17.1 Å². The van der Waals surface area contributed by atoms with Gasteiger partial charge >= 0.3 is 0 Å². The van der Waals surface area contributed by atoms with E-state index in [9.17, 15) is 0 Å². The first-order chi connectivity index (χ1) is 10.2. The van der Waals surface area contributed by atoms with Crippen molar-refractivity contribution in [2.24, 2.45) is 0 Å². The van der Waals surface area contributed by atoms with Crippen LogP contribution in [0.1, 0.15) is 0 Å². The molecule has 2 heterocycles. The number of benzene rings is 2. The minimum atomic E-state index is -1.63. The molecule has 0 bridgehead atoms. The highest BCUT2D eigenvalue weighted by Crippen LogP contribution is 2.27. The number of hydrogen-bond donors (Lipinski definition) is 0. The summed E-state index contributed by atoms with van der Waals surface area (Å²) in [5, 5.41) is 2.82. The lowest BCUT2D eigenvalue weighted by molar-refractivity contribution is 1.20. The molecule has 0 amide bonds. The van der Waals surface area contributed by atoms with E-state index in [-0.39, 0.29) is 0 Å². The van der Waals surface area contributed by atoms with E-state index >= 15 is 0 Å². The van der Waals surface area contributed by atoms with Gasteiger partial charge in [-0.3, -0.25) is 0 Å². The lowest BCUT2D eigenvalue weighted by Crippen LogP contribution is -2.49. The Morgan fingerprint density at radius 2 is 1.52 bits per heavy atom. The molecule has 103 valence electrons. The van der Waals surface area contributed by atoms with E-state index in [2.05, 4.69) is 60.7 Å². The first-order valence-electron chi connectivity index (χ1n) is 7.21. The number of hydrogen-bond acceptors (Lipinski definition) is 2. The average molecular weight is 288 g/mol. The largest absolute Gasteiger partial charge is 0.239 e. The standard InChI is InChI=1S/C18H16N2Si/c1-21(2)15-11-7-6-10-14(15)17-16(21)12-19-18(20-17)13-8-4-3-5-9-13/h3-12H,1-2H3/q-1. The van der Waals surface area contributed by atoms with E-state index in [1.807, 2.05) is 18.2 Å². The molecule has 0 aliphatic carbocycles. The van der Waals surface area contributed by atoms with Crippen molar-refractivity contribution in [3.63, 3.8) is 0 Å². The van der Waals surface area contributed by atoms with Crippen molar-refractivity contribution >= 4 is 18.4 Å². The van der Waals surface area contributed by atoms with Crippen molar-refractivity contribution in [2.75, 3.05) is 0 Å². The molecule has 0 spiro atoms. The molecule has 2 aromatic carbocycles. The second-order valence-corrected chi connectivity index (χ2v) is 10.3. The Morgan fingerprint density at radius 1 is 0.810 bits per heavy atom. The van der Waals surface area contributed by atoms with E-state index < -0.39 is 8.07 Å². The van der Waals surface area contributed by atoms with Crippen LogP contribution in [0, 0.1) is 0 Å². The molecule has 0 atom stereocenters. The SMILES string of the molecule is C[Si-]1(C)c2ccccc2-c2nc(-c3ccccc3)ncc21. The van der Waals surface area contributed by atoms with Crippen molar-refractivity contribution in [3.05, 3.63) is 60.8 Å². The Bertz CT molecular complexity index is 826. The van der Waals surface area contributed by atoms with Gasteiger partial charge in [-0.05, 0) is 5.56 Å². The fourth-order valence-corrected chi connectivity index (χ4v) is 6.00. The molecular weight excluding hydrogens is 272 g/mol. The zero-order chi connectivity index (χ0) is 14.4. The molecule has 0 saturated carbocycles. The first-order valence-corrected chi connectivity index (χ1v) is 10.2. The van der Waals surface area contributed by atoms with Crippen LogP contribution < -0.4 is 10.4 Å². The van der Waals surface area contributed by atoms with E-state index in [1.165, 1.54) is 15.9 Å². The van der Waals surface area contributed by atoms with Gasteiger partial charge in [-0.25, -0.2) is 9.97 Å². The molecule has 0 fully saturated rings. The van der Waals surface area contributed by atoms with Gasteiger partial charge in [0, 0.05) is 17.5 Å². The smallest absolute Gasteiger partial charge is 0.159 e. The second-order valence-electron chi connectivity index (χ2n) is 5.99. The number of aromatic nitrogens is 2. The summed E-state index contributed by atoms with van der Waals surface area (Å²) >= 11 is 0. The Morgan fingerprint density at radius 3 is 2.33 bits per heavy atom. The summed E-state index contributed by atoms with van der Waals surface area (Å²) in [7, 11) is -1.63. The van der Waals surface area contributed by atoms with Crippen LogP contribution in [0.2, 0.25) is 13.1 Å². The van der Waals surface area contributed by atoms with Crippen LogP contribution in [-0.2, 0) is 0 Å². The summed E-state index contributed by atoms with van der Waals surface area (Å²) in [6, 6.07) is 18.9. The first kappa shape index (κ1) is 12.5. The summed E-state index contributed by atoms with van der Waals surface area (Å²) in [4.78, 5) is 9.51. The van der Waals surface area contributed by atoms with Crippen molar-refractivity contribution in [1.82, 2.24) is 9.97 Å². The van der Waals surface area contributed by atoms with Crippen LogP contribution in [0.25, 0.3) is 22.6 Å². The quantitative estimate of drug-likeness (QED) is 0.643. The zero-order valence-electron chi connectivity index (χ0n) is 12.2. The molecular formula is C18H16N2Si-. The normalized spacial score (nSPS) is 14.6. The highest BCUT2D eigenvalue weighted by Gasteiger charge is 2.28. The van der Waals surface area contributed by atoms with Crippen molar-refractivity contribution in [3.8, 4) is 22.6 Å². The highest BCUT2D eigenvalue weighted by atomic mass is 28.3. The minimum Gasteiger partial charge on any atom is -0.239 e. The number of rotatable bonds is 1. The lowest BCUT2D eigenvalue weighted by atomic mass is 10.1. The average Bonchev–Trinajstić information content (AvgIpc) is 2.77. The van der Waals surface area contributed by atoms with Gasteiger partial charge in [0.25, 0.3) is 0 Å². The van der Waals surface area contributed by atoms with Crippen LogP contribution in [0.3, 0.4) is 0 Å². The topological polar surface area (TPSA) is 25.8 Å². The molecule has 1 aliphatic heterocycles. The van der Waals surface area contributed by atoms with Crippen molar-refractivity contribution in [2.45, 2.75) is 13.1 Å². The molecule has 2 nitrogen and oxygen atoms in total. The maximum Gasteiger partial charge on any atom is 0.159 e. The Labute approximate surface area is 125 Å². The molecule has 21 heavy (non-hydrogen) atoms. The van der Waals surface area contributed by atoms with E-state index in [4.69, 9.17) is 4.98 Å². The predicted molar refractivity (Wildman–Crippen MR) is 89.7 cm³/mol. The van der Waals surface area contributed by atoms with Gasteiger partial charge in [-0.2, -0.15) is 18.3 Å². The lowest BCUT2D eigenvalue weighted by Gasteiger charge is -2.30. The van der Waals surface area contributed by atoms with Crippen molar-refractivity contribution in [1.29, 1.82) is 0 Å². The highest BCUT2D eigenvalue weighted by molar-refractivity contribution is 7.03. The summed E-state index contributed by atoms with van der Waals surface area (Å²) in [5.41, 5.74) is 3.50. The Balaban J connectivity index is 1.96. The third-order valence-electron chi connectivity index (χ3n) is 4.35. The summed E-state index contributed by atoms with van der Waals surface area (Å²) < 4.78 is 0. The third kappa shape index (κ3) is 1.78. The van der Waals surface area contributed by atoms with Crippen LogP contribution in [0.4, 0.5) is 0 Å². The van der Waals surface area contributed by atoms with E-state index in [0.29, 0.717) is 0 Å².